The van der Waals surface area contributed by atoms with Gasteiger partial charge in [0.1, 0.15) is 5.76 Å². The highest BCUT2D eigenvalue weighted by Crippen LogP contribution is 2.17. The van der Waals surface area contributed by atoms with Gasteiger partial charge in [0, 0.05) is 6.42 Å². The summed E-state index contributed by atoms with van der Waals surface area (Å²) in [5.74, 6) is 1.67. The summed E-state index contributed by atoms with van der Waals surface area (Å²) < 4.78 is 5.28. The van der Waals surface area contributed by atoms with E-state index in [1.165, 1.54) is 24.8 Å². The zero-order valence-electron chi connectivity index (χ0n) is 12.4. The first kappa shape index (κ1) is 18.4. The van der Waals surface area contributed by atoms with Crippen molar-refractivity contribution in [3.63, 3.8) is 0 Å². The first-order chi connectivity index (χ1) is 8.24. The average molecular weight is 238 g/mol. The van der Waals surface area contributed by atoms with Crippen LogP contribution in [0.15, 0.2) is 29.9 Å². The Morgan fingerprint density at radius 2 is 1.65 bits per heavy atom. The number of furan rings is 1. The predicted molar refractivity (Wildman–Crippen MR) is 78.6 cm³/mol. The van der Waals surface area contributed by atoms with Crippen molar-refractivity contribution in [1.82, 2.24) is 0 Å². The Morgan fingerprint density at radius 1 is 1.18 bits per heavy atom. The molecule has 0 unspecified atom stereocenters. The van der Waals surface area contributed by atoms with Gasteiger partial charge in [-0.1, -0.05) is 53.9 Å². The van der Waals surface area contributed by atoms with E-state index < -0.39 is 0 Å². The number of rotatable bonds is 2. The minimum absolute atomic E-state index is 0.587. The van der Waals surface area contributed by atoms with Gasteiger partial charge in [-0.3, -0.25) is 0 Å². The Kier molecular flexibility index (Phi) is 14.2. The Bertz CT molecular complexity index is 243. The molecule has 1 aromatic rings. The second-order valence-corrected chi connectivity index (χ2v) is 3.92. The highest BCUT2D eigenvalue weighted by Gasteiger charge is 2.02. The Hall–Kier alpha value is -0.980. The van der Waals surface area contributed by atoms with Gasteiger partial charge in [-0.05, 0) is 17.5 Å². The van der Waals surface area contributed by atoms with Crippen molar-refractivity contribution >= 4 is 0 Å². The minimum atomic E-state index is 0.587. The van der Waals surface area contributed by atoms with Crippen LogP contribution >= 0.6 is 0 Å². The summed E-state index contributed by atoms with van der Waals surface area (Å²) in [6, 6.07) is 2.13. The summed E-state index contributed by atoms with van der Waals surface area (Å²) in [7, 11) is 0. The highest BCUT2D eigenvalue weighted by atomic mass is 16.3. The van der Waals surface area contributed by atoms with Crippen molar-refractivity contribution in [3.8, 4) is 0 Å². The second kappa shape index (κ2) is 13.1. The van der Waals surface area contributed by atoms with E-state index in [2.05, 4.69) is 40.0 Å². The van der Waals surface area contributed by atoms with E-state index in [9.17, 15) is 0 Å². The molecule has 0 aliphatic heterocycles. The molecule has 1 aromatic heterocycles. The normalized spacial score (nSPS) is 11.2. The van der Waals surface area contributed by atoms with Crippen LogP contribution in [0.5, 0.6) is 0 Å². The lowest BCUT2D eigenvalue weighted by Crippen LogP contribution is -1.80. The predicted octanol–water partition coefficient (Wildman–Crippen LogP) is 5.96. The molecule has 1 saturated carbocycles. The standard InChI is InChI=1S/C9H14O.C3H6.C2H6.C2H4/c1-4-9-5-8(6-10-9)7(2)3;1-2-3-1;2*1-2/h5-7H,4H2,1-3H3;1-3H2;1-2H3;1-2H2. The quantitative estimate of drug-likeness (QED) is 0.579. The SMILES string of the molecule is C1CC1.C=C.CC.CCc1cc(C(C)C)co1. The van der Waals surface area contributed by atoms with Crippen LogP contribution in [0.25, 0.3) is 0 Å². The van der Waals surface area contributed by atoms with Crippen LogP contribution in [0, 0.1) is 0 Å². The minimum Gasteiger partial charge on any atom is -0.469 e. The largest absolute Gasteiger partial charge is 0.469 e. The van der Waals surface area contributed by atoms with E-state index in [1.807, 2.05) is 20.1 Å². The Labute approximate surface area is 108 Å². The van der Waals surface area contributed by atoms with Gasteiger partial charge in [-0.25, -0.2) is 0 Å². The fraction of sp³-hybridized carbons (Fsp3) is 0.625. The van der Waals surface area contributed by atoms with Crippen LogP contribution in [-0.2, 0) is 6.42 Å². The molecule has 100 valence electrons. The van der Waals surface area contributed by atoms with Gasteiger partial charge in [0.15, 0.2) is 0 Å². The van der Waals surface area contributed by atoms with E-state index in [-0.39, 0.29) is 0 Å². The molecule has 1 aliphatic rings. The molecule has 1 fully saturated rings. The first-order valence-electron chi connectivity index (χ1n) is 6.81. The van der Waals surface area contributed by atoms with Crippen LogP contribution in [0.3, 0.4) is 0 Å². The van der Waals surface area contributed by atoms with Gasteiger partial charge in [0.2, 0.25) is 0 Å². The van der Waals surface area contributed by atoms with E-state index in [0.717, 1.165) is 12.2 Å². The number of hydrogen-bond donors (Lipinski definition) is 0. The summed E-state index contributed by atoms with van der Waals surface area (Å²) in [6.07, 6.45) is 7.34. The topological polar surface area (TPSA) is 13.1 Å². The smallest absolute Gasteiger partial charge is 0.103 e. The van der Waals surface area contributed by atoms with Gasteiger partial charge in [-0.2, -0.15) is 0 Å². The molecule has 0 atom stereocenters. The van der Waals surface area contributed by atoms with Crippen molar-refractivity contribution < 1.29 is 4.42 Å². The van der Waals surface area contributed by atoms with Crippen molar-refractivity contribution in [3.05, 3.63) is 36.8 Å². The third-order valence-corrected chi connectivity index (χ3v) is 2.04. The van der Waals surface area contributed by atoms with E-state index in [4.69, 9.17) is 4.42 Å². The third-order valence-electron chi connectivity index (χ3n) is 2.04. The average Bonchev–Trinajstić information content (AvgIpc) is 3.19. The Morgan fingerprint density at radius 3 is 1.82 bits per heavy atom. The molecule has 1 aliphatic carbocycles. The van der Waals surface area contributed by atoms with Crippen molar-refractivity contribution in [1.29, 1.82) is 0 Å². The molecule has 17 heavy (non-hydrogen) atoms. The summed E-state index contributed by atoms with van der Waals surface area (Å²) in [4.78, 5) is 0. The van der Waals surface area contributed by atoms with Crippen molar-refractivity contribution in [2.24, 2.45) is 0 Å². The molecule has 0 amide bonds. The fourth-order valence-corrected chi connectivity index (χ4v) is 0.886. The molecule has 1 nitrogen and oxygen atoms in total. The van der Waals surface area contributed by atoms with Crippen LogP contribution in [0.4, 0.5) is 0 Å². The van der Waals surface area contributed by atoms with Crippen LogP contribution in [0.2, 0.25) is 0 Å². The molecule has 2 rings (SSSR count). The lowest BCUT2D eigenvalue weighted by Gasteiger charge is -1.95. The summed E-state index contributed by atoms with van der Waals surface area (Å²) in [5.41, 5.74) is 1.30. The summed E-state index contributed by atoms with van der Waals surface area (Å²) in [5, 5.41) is 0. The molecule has 1 heteroatoms. The van der Waals surface area contributed by atoms with E-state index in [0.29, 0.717) is 5.92 Å². The maximum atomic E-state index is 5.28. The van der Waals surface area contributed by atoms with E-state index in [1.54, 1.807) is 0 Å². The lowest BCUT2D eigenvalue weighted by molar-refractivity contribution is 0.513. The highest BCUT2D eigenvalue weighted by molar-refractivity contribution is 5.15. The molecular formula is C16H30O. The van der Waals surface area contributed by atoms with Crippen molar-refractivity contribution in [2.75, 3.05) is 0 Å². The van der Waals surface area contributed by atoms with Crippen LogP contribution in [0.1, 0.15) is 71.1 Å². The number of hydrogen-bond acceptors (Lipinski definition) is 1. The summed E-state index contributed by atoms with van der Waals surface area (Å²) in [6.45, 7) is 16.4. The first-order valence-corrected chi connectivity index (χ1v) is 6.81. The van der Waals surface area contributed by atoms with Gasteiger partial charge in [0.25, 0.3) is 0 Å². The molecule has 0 radical (unpaired) electrons. The third kappa shape index (κ3) is 11.3. The molecule has 0 N–H and O–H groups in total. The van der Waals surface area contributed by atoms with E-state index >= 15 is 0 Å². The number of aryl methyl sites for hydroxylation is 1. The van der Waals surface area contributed by atoms with Gasteiger partial charge >= 0.3 is 0 Å². The van der Waals surface area contributed by atoms with Crippen molar-refractivity contribution in [2.45, 2.75) is 66.2 Å². The zero-order chi connectivity index (χ0) is 13.7. The Balaban J connectivity index is 0. The molecule has 0 spiro atoms. The van der Waals surface area contributed by atoms with Gasteiger partial charge in [0.05, 0.1) is 6.26 Å². The van der Waals surface area contributed by atoms with Gasteiger partial charge in [-0.15, -0.1) is 13.2 Å². The van der Waals surface area contributed by atoms with Gasteiger partial charge < -0.3 is 4.42 Å². The molecule has 0 bridgehead atoms. The zero-order valence-corrected chi connectivity index (χ0v) is 12.4. The van der Waals surface area contributed by atoms with Crippen LogP contribution in [-0.4, -0.2) is 0 Å². The lowest BCUT2D eigenvalue weighted by atomic mass is 10.1. The molecule has 1 heterocycles. The summed E-state index contributed by atoms with van der Waals surface area (Å²) >= 11 is 0. The fourth-order valence-electron chi connectivity index (χ4n) is 0.886. The maximum Gasteiger partial charge on any atom is 0.103 e. The molecule has 0 saturated heterocycles. The molecule has 0 aromatic carbocycles. The monoisotopic (exact) mass is 238 g/mol. The van der Waals surface area contributed by atoms with Crippen LogP contribution < -0.4 is 0 Å². The second-order valence-electron chi connectivity index (χ2n) is 3.92. The maximum absolute atomic E-state index is 5.28. The molecular weight excluding hydrogens is 208 g/mol.